The van der Waals surface area contributed by atoms with Crippen LogP contribution >= 0.6 is 0 Å². The van der Waals surface area contributed by atoms with Crippen molar-refractivity contribution >= 4 is 17.6 Å². The summed E-state index contributed by atoms with van der Waals surface area (Å²) in [4.78, 5) is 41.0. The Morgan fingerprint density at radius 2 is 1.71 bits per heavy atom. The zero-order chi connectivity index (χ0) is 26.5. The van der Waals surface area contributed by atoms with Gasteiger partial charge in [-0.1, -0.05) is 61.9 Å². The molecule has 5 rings (SSSR count). The van der Waals surface area contributed by atoms with Crippen LogP contribution < -0.4 is 16.2 Å². The van der Waals surface area contributed by atoms with Crippen LogP contribution in [0.1, 0.15) is 48.9 Å². The quantitative estimate of drug-likeness (QED) is 0.464. The number of amides is 3. The smallest absolute Gasteiger partial charge is 0.318 e. The van der Waals surface area contributed by atoms with Crippen LogP contribution in [0.15, 0.2) is 77.6 Å². The number of carbonyl (C=O) groups is 2. The van der Waals surface area contributed by atoms with E-state index < -0.39 is 6.04 Å². The number of nitrogens with zero attached hydrogens (tertiary/aromatic N) is 2. The van der Waals surface area contributed by atoms with Gasteiger partial charge in [-0.3, -0.25) is 9.59 Å². The van der Waals surface area contributed by atoms with Crippen molar-refractivity contribution in [1.82, 2.24) is 14.8 Å². The van der Waals surface area contributed by atoms with Gasteiger partial charge in [0.1, 0.15) is 6.04 Å². The number of rotatable bonds is 8. The second-order valence-corrected chi connectivity index (χ2v) is 10.6. The number of fused-ring (bicyclic) bond motifs is 4. The van der Waals surface area contributed by atoms with Crippen LogP contribution in [-0.2, 0) is 24.2 Å². The fourth-order valence-electron chi connectivity index (χ4n) is 5.73. The van der Waals surface area contributed by atoms with Gasteiger partial charge in [-0.15, -0.1) is 0 Å². The van der Waals surface area contributed by atoms with Crippen molar-refractivity contribution in [3.8, 4) is 0 Å². The molecule has 3 atom stereocenters. The third-order valence-corrected chi connectivity index (χ3v) is 7.70. The number of anilines is 1. The molecule has 3 amide bonds. The Balaban J connectivity index is 1.29. The lowest BCUT2D eigenvalue weighted by molar-refractivity contribution is -0.118. The van der Waals surface area contributed by atoms with Gasteiger partial charge in [-0.2, -0.15) is 0 Å². The number of nitrogens with one attached hydrogen (secondary N) is 2. The molecule has 1 saturated heterocycles. The number of urea groups is 1. The maximum atomic E-state index is 13.5. The van der Waals surface area contributed by atoms with E-state index in [4.69, 9.17) is 0 Å². The molecule has 1 fully saturated rings. The van der Waals surface area contributed by atoms with Crippen LogP contribution in [0, 0.1) is 5.92 Å². The predicted molar refractivity (Wildman–Crippen MR) is 149 cm³/mol. The van der Waals surface area contributed by atoms with Gasteiger partial charge in [-0.05, 0) is 54.5 Å². The van der Waals surface area contributed by atoms with Gasteiger partial charge in [-0.25, -0.2) is 4.79 Å². The first-order valence-corrected chi connectivity index (χ1v) is 13.7. The Hall–Kier alpha value is -3.87. The third kappa shape index (κ3) is 5.98. The Morgan fingerprint density at radius 1 is 0.921 bits per heavy atom. The molecule has 0 spiro atoms. The summed E-state index contributed by atoms with van der Waals surface area (Å²) in [5.41, 5.74) is 3.96. The van der Waals surface area contributed by atoms with Crippen molar-refractivity contribution in [3.05, 3.63) is 100.0 Å². The lowest BCUT2D eigenvalue weighted by Gasteiger charge is -2.43. The molecule has 198 valence electrons. The van der Waals surface area contributed by atoms with Gasteiger partial charge >= 0.3 is 6.03 Å². The highest BCUT2D eigenvalue weighted by Gasteiger charge is 2.37. The molecule has 7 heteroatoms. The zero-order valence-corrected chi connectivity index (χ0v) is 21.9. The second-order valence-electron chi connectivity index (χ2n) is 10.6. The average Bonchev–Trinajstić information content (AvgIpc) is 2.93. The summed E-state index contributed by atoms with van der Waals surface area (Å²) >= 11 is 0. The largest absolute Gasteiger partial charge is 0.326 e. The number of piperidine rings is 1. The van der Waals surface area contributed by atoms with Crippen molar-refractivity contribution in [3.63, 3.8) is 0 Å². The molecule has 0 radical (unpaired) electrons. The minimum Gasteiger partial charge on any atom is -0.326 e. The van der Waals surface area contributed by atoms with Crippen LogP contribution in [0.5, 0.6) is 0 Å². The molecule has 0 unspecified atom stereocenters. The van der Waals surface area contributed by atoms with Gasteiger partial charge in [0.25, 0.3) is 5.56 Å². The van der Waals surface area contributed by atoms with E-state index in [9.17, 15) is 14.4 Å². The number of likely N-dealkylation sites (tertiary alicyclic amines) is 1. The number of aromatic nitrogens is 1. The number of aryl methyl sites for hydroxylation is 1. The van der Waals surface area contributed by atoms with E-state index >= 15 is 0 Å². The summed E-state index contributed by atoms with van der Waals surface area (Å²) in [7, 11) is 0. The third-order valence-electron chi connectivity index (χ3n) is 7.70. The van der Waals surface area contributed by atoms with Gasteiger partial charge in [0.15, 0.2) is 0 Å². The first kappa shape index (κ1) is 25.8. The van der Waals surface area contributed by atoms with Crippen molar-refractivity contribution < 1.29 is 9.59 Å². The van der Waals surface area contributed by atoms with Crippen LogP contribution in [-0.4, -0.2) is 40.5 Å². The number of hydrogen-bond donors (Lipinski definition) is 2. The number of hydrogen-bond acceptors (Lipinski definition) is 3. The van der Waals surface area contributed by atoms with Gasteiger partial charge in [0.2, 0.25) is 5.91 Å². The van der Waals surface area contributed by atoms with E-state index in [0.29, 0.717) is 26.1 Å². The van der Waals surface area contributed by atoms with Crippen LogP contribution in [0.25, 0.3) is 0 Å². The van der Waals surface area contributed by atoms with E-state index in [1.54, 1.807) is 12.1 Å². The van der Waals surface area contributed by atoms with Crippen molar-refractivity contribution in [2.45, 2.75) is 57.5 Å². The summed E-state index contributed by atoms with van der Waals surface area (Å²) < 4.78 is 1.85. The Labute approximate surface area is 223 Å². The normalized spacial score (nSPS) is 18.8. The molecule has 2 aromatic carbocycles. The molecule has 2 aliphatic rings. The summed E-state index contributed by atoms with van der Waals surface area (Å²) in [6.07, 6.45) is 4.66. The maximum Gasteiger partial charge on any atom is 0.318 e. The van der Waals surface area contributed by atoms with Crippen molar-refractivity contribution in [2.24, 2.45) is 5.92 Å². The maximum absolute atomic E-state index is 13.5. The van der Waals surface area contributed by atoms with Gasteiger partial charge < -0.3 is 20.1 Å². The van der Waals surface area contributed by atoms with Crippen LogP contribution in [0.4, 0.5) is 10.5 Å². The SMILES string of the molecule is CCCCc1ccc(NC(=O)[C@H](Cc2ccccc2)NC(=O)N2C[C@@H]3C[C@@H](C2)c2cccc(=O)n2C3)cc1. The van der Waals surface area contributed by atoms with E-state index in [0.717, 1.165) is 42.6 Å². The van der Waals surface area contributed by atoms with Crippen LogP contribution in [0.2, 0.25) is 0 Å². The number of pyridine rings is 1. The summed E-state index contributed by atoms with van der Waals surface area (Å²) in [5.74, 6) is 0.104. The minimum atomic E-state index is -0.721. The molecule has 0 saturated carbocycles. The second kappa shape index (κ2) is 11.7. The molecule has 3 aromatic rings. The van der Waals surface area contributed by atoms with E-state index in [2.05, 4.69) is 17.6 Å². The zero-order valence-electron chi connectivity index (χ0n) is 21.9. The Morgan fingerprint density at radius 3 is 2.47 bits per heavy atom. The first-order chi connectivity index (χ1) is 18.5. The molecule has 2 aliphatic heterocycles. The van der Waals surface area contributed by atoms with E-state index in [-0.39, 0.29) is 29.3 Å². The fourth-order valence-corrected chi connectivity index (χ4v) is 5.73. The molecule has 2 bridgehead atoms. The molecule has 7 nitrogen and oxygen atoms in total. The van der Waals surface area contributed by atoms with Crippen molar-refractivity contribution in [1.29, 1.82) is 0 Å². The minimum absolute atomic E-state index is 0.0214. The molecular formula is C31H36N4O3. The Kier molecular flexibility index (Phi) is 7.91. The molecule has 0 aliphatic carbocycles. The summed E-state index contributed by atoms with van der Waals surface area (Å²) in [6.45, 7) is 3.90. The highest BCUT2D eigenvalue weighted by Crippen LogP contribution is 2.35. The number of unbranched alkanes of at least 4 members (excludes halogenated alkanes) is 1. The molecule has 38 heavy (non-hydrogen) atoms. The number of benzene rings is 2. The lowest BCUT2D eigenvalue weighted by atomic mass is 9.83. The summed E-state index contributed by atoms with van der Waals surface area (Å²) in [5, 5.41) is 6.03. The van der Waals surface area contributed by atoms with E-state index in [1.807, 2.05) is 70.1 Å². The molecule has 3 heterocycles. The number of carbonyl (C=O) groups excluding carboxylic acids is 2. The summed E-state index contributed by atoms with van der Waals surface area (Å²) in [6, 6.07) is 22.1. The highest BCUT2D eigenvalue weighted by atomic mass is 16.2. The molecule has 2 N–H and O–H groups in total. The predicted octanol–water partition coefficient (Wildman–Crippen LogP) is 4.57. The highest BCUT2D eigenvalue weighted by molar-refractivity contribution is 5.97. The monoisotopic (exact) mass is 512 g/mol. The topological polar surface area (TPSA) is 83.4 Å². The molecule has 1 aromatic heterocycles. The van der Waals surface area contributed by atoms with Crippen LogP contribution in [0.3, 0.4) is 0 Å². The van der Waals surface area contributed by atoms with Gasteiger partial charge in [0, 0.05) is 49.4 Å². The average molecular weight is 513 g/mol. The van der Waals surface area contributed by atoms with E-state index in [1.165, 1.54) is 5.56 Å². The van der Waals surface area contributed by atoms with Crippen molar-refractivity contribution in [2.75, 3.05) is 18.4 Å². The standard InChI is InChI=1S/C31H36N4O3/c1-2-3-8-22-13-15-26(16-14-22)32-30(37)27(18-23-9-5-4-6-10-23)33-31(38)34-19-24-17-25(21-34)28-11-7-12-29(36)35(28)20-24/h4-7,9-16,24-25,27H,2-3,8,17-21H2,1H3,(H,32,37)(H,33,38)/t24-,25-,27-/m0/s1. The fraction of sp³-hybridized carbons (Fsp3) is 0.387. The molecular weight excluding hydrogens is 476 g/mol. The lowest BCUT2D eigenvalue weighted by Crippen LogP contribution is -2.55. The Bertz CT molecular complexity index is 1320. The first-order valence-electron chi connectivity index (χ1n) is 13.7. The van der Waals surface area contributed by atoms with Gasteiger partial charge in [0.05, 0.1) is 0 Å².